The Kier molecular flexibility index (Phi) is 7.82. The lowest BCUT2D eigenvalue weighted by molar-refractivity contribution is 0.0831. The number of hydrogen-bond donors (Lipinski definition) is 0. The molecule has 1 aliphatic rings. The summed E-state index contributed by atoms with van der Waals surface area (Å²) in [5.74, 6) is 0.800. The van der Waals surface area contributed by atoms with Crippen LogP contribution in [0.1, 0.15) is 15.2 Å². The average molecular weight is 524 g/mol. The van der Waals surface area contributed by atoms with E-state index in [4.69, 9.17) is 4.74 Å². The molecule has 1 saturated heterocycles. The summed E-state index contributed by atoms with van der Waals surface area (Å²) in [5.41, 5.74) is 1.79. The molecule has 0 radical (unpaired) electrons. The first-order chi connectivity index (χ1) is 17.4. The monoisotopic (exact) mass is 523 g/mol. The molecule has 0 aliphatic carbocycles. The molecule has 2 aromatic heterocycles. The normalized spacial score (nSPS) is 14.1. The summed E-state index contributed by atoms with van der Waals surface area (Å²) >= 11 is 1.29. The minimum atomic E-state index is -0.0952. The largest absolute Gasteiger partial charge is 0.495 e. The predicted octanol–water partition coefficient (Wildman–Crippen LogP) is 2.63. The number of rotatable bonds is 6. The maximum Gasteiger partial charge on any atom is 0.263 e. The second-order valence-corrected chi connectivity index (χ2v) is 10.3. The number of piperazine rings is 1. The third-order valence-corrected chi connectivity index (χ3v) is 8.13. The van der Waals surface area contributed by atoms with Gasteiger partial charge >= 0.3 is 0 Å². The lowest BCUT2D eigenvalue weighted by Gasteiger charge is -2.37. The summed E-state index contributed by atoms with van der Waals surface area (Å²) in [6.45, 7) is 6.73. The number of carbonyl (C=O) groups is 1. The average Bonchev–Trinajstić information content (AvgIpc) is 3.24. The number of anilines is 1. The quantitative estimate of drug-likeness (QED) is 0.385. The van der Waals surface area contributed by atoms with Gasteiger partial charge in [0.15, 0.2) is 0 Å². The van der Waals surface area contributed by atoms with Gasteiger partial charge in [-0.25, -0.2) is 4.98 Å². The molecular formula is C27H33N5O4S. The Hall–Kier alpha value is -3.47. The highest BCUT2D eigenvalue weighted by Gasteiger charge is 2.23. The van der Waals surface area contributed by atoms with Gasteiger partial charge in [-0.1, -0.05) is 30.3 Å². The SMILES string of the molecule is COc1ccc2ccccc2c1N1CCN(CCn2cnc3sc(C(=O)N(C)C)c(C)c3c2=O)CC1.O. The number of methoxy groups -OCH3 is 1. The zero-order valence-corrected chi connectivity index (χ0v) is 22.5. The van der Waals surface area contributed by atoms with Crippen LogP contribution in [0.25, 0.3) is 21.0 Å². The number of benzene rings is 2. The van der Waals surface area contributed by atoms with E-state index in [9.17, 15) is 9.59 Å². The number of aromatic nitrogens is 2. The fraction of sp³-hybridized carbons (Fsp3) is 0.370. The number of amides is 1. The van der Waals surface area contributed by atoms with E-state index in [1.165, 1.54) is 27.0 Å². The Morgan fingerprint density at radius 1 is 1.08 bits per heavy atom. The highest BCUT2D eigenvalue weighted by Crippen LogP contribution is 2.36. The van der Waals surface area contributed by atoms with E-state index in [-0.39, 0.29) is 16.9 Å². The molecule has 5 rings (SSSR count). The van der Waals surface area contributed by atoms with Crippen molar-refractivity contribution in [3.8, 4) is 5.75 Å². The highest BCUT2D eigenvalue weighted by atomic mass is 32.1. The fourth-order valence-corrected chi connectivity index (χ4v) is 6.06. The molecule has 0 bridgehead atoms. The van der Waals surface area contributed by atoms with E-state index in [1.807, 2.05) is 13.0 Å². The number of nitrogens with zero attached hydrogens (tertiary/aromatic N) is 5. The van der Waals surface area contributed by atoms with Crippen LogP contribution in [0.2, 0.25) is 0 Å². The van der Waals surface area contributed by atoms with E-state index >= 15 is 0 Å². The van der Waals surface area contributed by atoms with Gasteiger partial charge in [-0.05, 0) is 23.9 Å². The molecule has 0 saturated carbocycles. The maximum absolute atomic E-state index is 13.2. The molecule has 4 aromatic rings. The highest BCUT2D eigenvalue weighted by molar-refractivity contribution is 7.20. The van der Waals surface area contributed by atoms with Crippen LogP contribution in [-0.2, 0) is 6.54 Å². The number of hydrogen-bond acceptors (Lipinski definition) is 7. The minimum Gasteiger partial charge on any atom is -0.495 e. The van der Waals surface area contributed by atoms with Crippen LogP contribution in [0.3, 0.4) is 0 Å². The van der Waals surface area contributed by atoms with Crippen LogP contribution in [0.5, 0.6) is 5.75 Å². The Morgan fingerprint density at radius 2 is 1.81 bits per heavy atom. The van der Waals surface area contributed by atoms with Gasteiger partial charge in [-0.3, -0.25) is 19.1 Å². The van der Waals surface area contributed by atoms with Crippen LogP contribution in [-0.4, -0.2) is 84.7 Å². The van der Waals surface area contributed by atoms with Crippen molar-refractivity contribution >= 4 is 43.9 Å². The van der Waals surface area contributed by atoms with Crippen LogP contribution in [0, 0.1) is 6.92 Å². The van der Waals surface area contributed by atoms with Crippen molar-refractivity contribution in [1.29, 1.82) is 0 Å². The van der Waals surface area contributed by atoms with E-state index in [0.29, 0.717) is 21.6 Å². The first-order valence-electron chi connectivity index (χ1n) is 12.1. The second-order valence-electron chi connectivity index (χ2n) is 9.35. The lowest BCUT2D eigenvalue weighted by atomic mass is 10.1. The van der Waals surface area contributed by atoms with Crippen LogP contribution >= 0.6 is 11.3 Å². The molecule has 37 heavy (non-hydrogen) atoms. The van der Waals surface area contributed by atoms with Gasteiger partial charge in [0.1, 0.15) is 10.6 Å². The molecule has 2 aromatic carbocycles. The zero-order valence-electron chi connectivity index (χ0n) is 21.7. The molecular weight excluding hydrogens is 490 g/mol. The van der Waals surface area contributed by atoms with Crippen molar-refractivity contribution in [3.63, 3.8) is 0 Å². The first-order valence-corrected chi connectivity index (χ1v) is 12.9. The second kappa shape index (κ2) is 10.9. The van der Waals surface area contributed by atoms with Gasteiger partial charge in [0.2, 0.25) is 0 Å². The number of ether oxygens (including phenoxy) is 1. The summed E-state index contributed by atoms with van der Waals surface area (Å²) in [7, 11) is 5.16. The van der Waals surface area contributed by atoms with Crippen LogP contribution in [0.15, 0.2) is 47.5 Å². The molecule has 0 unspecified atom stereocenters. The van der Waals surface area contributed by atoms with Crippen molar-refractivity contribution in [3.05, 3.63) is 63.5 Å². The van der Waals surface area contributed by atoms with Gasteiger partial charge < -0.3 is 20.0 Å². The van der Waals surface area contributed by atoms with Crippen molar-refractivity contribution in [2.45, 2.75) is 13.5 Å². The van der Waals surface area contributed by atoms with Crippen LogP contribution in [0.4, 0.5) is 5.69 Å². The van der Waals surface area contributed by atoms with Gasteiger partial charge in [-0.15, -0.1) is 11.3 Å². The molecule has 1 amide bonds. The van der Waals surface area contributed by atoms with Gasteiger partial charge in [0, 0.05) is 58.8 Å². The van der Waals surface area contributed by atoms with Crippen LogP contribution < -0.4 is 15.2 Å². The minimum absolute atomic E-state index is 0. The molecule has 0 atom stereocenters. The Labute approximate surface area is 219 Å². The lowest BCUT2D eigenvalue weighted by Crippen LogP contribution is -2.47. The predicted molar refractivity (Wildman–Crippen MR) is 149 cm³/mol. The van der Waals surface area contributed by atoms with E-state index in [1.54, 1.807) is 32.1 Å². The number of carbonyl (C=O) groups excluding carboxylic acids is 1. The molecule has 1 aliphatic heterocycles. The molecule has 3 heterocycles. The Bertz CT molecular complexity index is 1490. The third kappa shape index (κ3) is 4.92. The topological polar surface area (TPSA) is 102 Å². The van der Waals surface area contributed by atoms with Crippen molar-refractivity contribution in [2.75, 3.05) is 58.8 Å². The molecule has 0 spiro atoms. The molecule has 2 N–H and O–H groups in total. The maximum atomic E-state index is 13.2. The van der Waals surface area contributed by atoms with Crippen molar-refractivity contribution in [1.82, 2.24) is 19.4 Å². The summed E-state index contributed by atoms with van der Waals surface area (Å²) in [6, 6.07) is 12.6. The molecule has 10 heteroatoms. The molecule has 9 nitrogen and oxygen atoms in total. The summed E-state index contributed by atoms with van der Waals surface area (Å²) in [5, 5.41) is 2.97. The van der Waals surface area contributed by atoms with E-state index in [2.05, 4.69) is 45.1 Å². The number of thiophene rings is 1. The number of aryl methyl sites for hydroxylation is 1. The fourth-order valence-electron chi connectivity index (χ4n) is 4.90. The summed E-state index contributed by atoms with van der Waals surface area (Å²) in [4.78, 5) is 37.7. The first kappa shape index (κ1) is 26.6. The summed E-state index contributed by atoms with van der Waals surface area (Å²) < 4.78 is 7.38. The zero-order chi connectivity index (χ0) is 25.4. The standard InChI is InChI=1S/C27H31N5O3S.H2O/c1-18-22-25(36-24(18)27(34)29(2)3)28-17-32(26(22)33)16-13-30-11-14-31(15-12-30)23-20-8-6-5-7-19(20)9-10-21(23)35-4;/h5-10,17H,11-16H2,1-4H3;1H2. The Balaban J connectivity index is 0.00000320. The molecule has 1 fully saturated rings. The van der Waals surface area contributed by atoms with E-state index in [0.717, 1.165) is 49.7 Å². The summed E-state index contributed by atoms with van der Waals surface area (Å²) in [6.07, 6.45) is 1.61. The van der Waals surface area contributed by atoms with Gasteiger partial charge in [0.25, 0.3) is 11.5 Å². The number of fused-ring (bicyclic) bond motifs is 2. The van der Waals surface area contributed by atoms with E-state index < -0.39 is 0 Å². The van der Waals surface area contributed by atoms with Crippen molar-refractivity contribution < 1.29 is 15.0 Å². The van der Waals surface area contributed by atoms with Gasteiger partial charge in [0.05, 0.1) is 29.4 Å². The smallest absolute Gasteiger partial charge is 0.263 e. The Morgan fingerprint density at radius 3 is 2.51 bits per heavy atom. The van der Waals surface area contributed by atoms with Gasteiger partial charge in [-0.2, -0.15) is 0 Å². The molecule has 196 valence electrons. The van der Waals surface area contributed by atoms with Crippen molar-refractivity contribution in [2.24, 2.45) is 0 Å². The third-order valence-electron chi connectivity index (χ3n) is 6.95.